The molecule has 5 nitrogen and oxygen atoms in total. The molecule has 1 aromatic carbocycles. The quantitative estimate of drug-likeness (QED) is 0.572. The molecule has 0 saturated carbocycles. The van der Waals surface area contributed by atoms with E-state index in [0.29, 0.717) is 12.3 Å². The van der Waals surface area contributed by atoms with Crippen LogP contribution in [0.2, 0.25) is 0 Å². The Bertz CT molecular complexity index is 1080. The molecule has 0 spiro atoms. The molecule has 23 heavy (non-hydrogen) atoms. The third kappa shape index (κ3) is 2.04. The van der Waals surface area contributed by atoms with Crippen molar-refractivity contribution < 1.29 is 0 Å². The Labute approximate surface area is 132 Å². The summed E-state index contributed by atoms with van der Waals surface area (Å²) in [4.78, 5) is 21.8. The Morgan fingerprint density at radius 2 is 1.83 bits per heavy atom. The molecule has 0 aliphatic carbocycles. The van der Waals surface area contributed by atoms with Crippen LogP contribution >= 0.6 is 0 Å². The van der Waals surface area contributed by atoms with E-state index in [1.165, 1.54) is 0 Å². The van der Waals surface area contributed by atoms with Gasteiger partial charge in [0.15, 0.2) is 0 Å². The van der Waals surface area contributed by atoms with Gasteiger partial charge in [0.05, 0.1) is 23.3 Å². The highest BCUT2D eigenvalue weighted by molar-refractivity contribution is 5.79. The molecule has 0 bridgehead atoms. The van der Waals surface area contributed by atoms with Crippen molar-refractivity contribution in [2.75, 3.05) is 0 Å². The summed E-state index contributed by atoms with van der Waals surface area (Å²) in [6.07, 6.45) is 1.78. The number of rotatable bonds is 2. The van der Waals surface area contributed by atoms with Gasteiger partial charge < -0.3 is 4.57 Å². The summed E-state index contributed by atoms with van der Waals surface area (Å²) in [6, 6.07) is 13.6. The number of nitrogens with zero attached hydrogens (tertiary/aromatic N) is 4. The lowest BCUT2D eigenvalue weighted by Crippen LogP contribution is -2.23. The van der Waals surface area contributed by atoms with Crippen molar-refractivity contribution >= 4 is 16.8 Å². The molecule has 0 fully saturated rings. The SMILES string of the molecule is Cc1c(C)n(Cc2ccccn2)c2nc3ccccc3n2c1=O. The third-order valence-electron chi connectivity index (χ3n) is 4.30. The van der Waals surface area contributed by atoms with Gasteiger partial charge in [0, 0.05) is 17.5 Å². The average Bonchev–Trinajstić information content (AvgIpc) is 2.97. The molecule has 0 atom stereocenters. The van der Waals surface area contributed by atoms with Crippen LogP contribution in [0.4, 0.5) is 0 Å². The molecule has 0 aliphatic rings. The van der Waals surface area contributed by atoms with Gasteiger partial charge in [-0.2, -0.15) is 0 Å². The zero-order valence-corrected chi connectivity index (χ0v) is 13.0. The van der Waals surface area contributed by atoms with Crippen LogP contribution in [0, 0.1) is 13.8 Å². The number of fused-ring (bicyclic) bond motifs is 3. The summed E-state index contributed by atoms with van der Waals surface area (Å²) in [5, 5.41) is 0. The Morgan fingerprint density at radius 1 is 1.04 bits per heavy atom. The summed E-state index contributed by atoms with van der Waals surface area (Å²) >= 11 is 0. The van der Waals surface area contributed by atoms with Gasteiger partial charge in [0.25, 0.3) is 5.56 Å². The molecular weight excluding hydrogens is 288 g/mol. The molecule has 5 heteroatoms. The molecule has 3 heterocycles. The van der Waals surface area contributed by atoms with E-state index in [9.17, 15) is 4.79 Å². The van der Waals surface area contributed by atoms with Crippen LogP contribution in [0.5, 0.6) is 0 Å². The van der Waals surface area contributed by atoms with Crippen molar-refractivity contribution in [3.05, 3.63) is 76.0 Å². The number of imidazole rings is 1. The monoisotopic (exact) mass is 304 g/mol. The lowest BCUT2D eigenvalue weighted by atomic mass is 10.2. The molecule has 0 amide bonds. The van der Waals surface area contributed by atoms with E-state index in [4.69, 9.17) is 0 Å². The van der Waals surface area contributed by atoms with Gasteiger partial charge in [-0.15, -0.1) is 0 Å². The van der Waals surface area contributed by atoms with Gasteiger partial charge in [-0.1, -0.05) is 18.2 Å². The van der Waals surface area contributed by atoms with Crippen LogP contribution < -0.4 is 5.56 Å². The highest BCUT2D eigenvalue weighted by atomic mass is 16.1. The van der Waals surface area contributed by atoms with Crippen LogP contribution in [0.25, 0.3) is 16.8 Å². The van der Waals surface area contributed by atoms with Crippen molar-refractivity contribution in [1.82, 2.24) is 18.9 Å². The first-order valence-corrected chi connectivity index (χ1v) is 7.54. The number of pyridine rings is 1. The van der Waals surface area contributed by atoms with E-state index in [2.05, 4.69) is 14.5 Å². The number of aromatic nitrogens is 4. The smallest absolute Gasteiger partial charge is 0.262 e. The van der Waals surface area contributed by atoms with Gasteiger partial charge in [0.2, 0.25) is 5.78 Å². The van der Waals surface area contributed by atoms with Gasteiger partial charge in [-0.25, -0.2) is 9.38 Å². The molecule has 3 aromatic heterocycles. The van der Waals surface area contributed by atoms with Crippen LogP contribution in [-0.4, -0.2) is 18.9 Å². The van der Waals surface area contributed by atoms with E-state index in [0.717, 1.165) is 28.0 Å². The van der Waals surface area contributed by atoms with Crippen molar-refractivity contribution in [2.45, 2.75) is 20.4 Å². The highest BCUT2D eigenvalue weighted by Gasteiger charge is 2.15. The highest BCUT2D eigenvalue weighted by Crippen LogP contribution is 2.18. The summed E-state index contributed by atoms with van der Waals surface area (Å²) in [5.74, 6) is 0.657. The van der Waals surface area contributed by atoms with E-state index >= 15 is 0 Å². The van der Waals surface area contributed by atoms with Crippen LogP contribution in [0.1, 0.15) is 17.0 Å². The van der Waals surface area contributed by atoms with E-state index in [1.54, 1.807) is 10.6 Å². The molecule has 0 aliphatic heterocycles. The van der Waals surface area contributed by atoms with Crippen LogP contribution in [-0.2, 0) is 6.54 Å². The lowest BCUT2D eigenvalue weighted by Gasteiger charge is -2.14. The summed E-state index contributed by atoms with van der Waals surface area (Å²) in [6.45, 7) is 4.40. The summed E-state index contributed by atoms with van der Waals surface area (Å²) in [5.41, 5.74) is 4.24. The van der Waals surface area contributed by atoms with Crippen molar-refractivity contribution in [2.24, 2.45) is 0 Å². The lowest BCUT2D eigenvalue weighted by molar-refractivity contribution is 0.726. The number of hydrogen-bond acceptors (Lipinski definition) is 3. The topological polar surface area (TPSA) is 52.2 Å². The number of benzene rings is 1. The molecule has 4 rings (SSSR count). The Balaban J connectivity index is 2.09. The maximum Gasteiger partial charge on any atom is 0.262 e. The molecule has 0 unspecified atom stereocenters. The second-order valence-electron chi connectivity index (χ2n) is 5.66. The fourth-order valence-electron chi connectivity index (χ4n) is 2.91. The first-order valence-electron chi connectivity index (χ1n) is 7.54. The minimum atomic E-state index is -0.0107. The number of hydrogen-bond donors (Lipinski definition) is 0. The molecule has 0 N–H and O–H groups in total. The zero-order valence-electron chi connectivity index (χ0n) is 13.0. The third-order valence-corrected chi connectivity index (χ3v) is 4.30. The van der Waals surface area contributed by atoms with E-state index < -0.39 is 0 Å². The van der Waals surface area contributed by atoms with Crippen LogP contribution in [0.3, 0.4) is 0 Å². The Hall–Kier alpha value is -2.95. The zero-order chi connectivity index (χ0) is 16.0. The Kier molecular flexibility index (Phi) is 3.01. The van der Waals surface area contributed by atoms with E-state index in [1.807, 2.05) is 56.3 Å². The fraction of sp³-hybridized carbons (Fsp3) is 0.167. The van der Waals surface area contributed by atoms with Gasteiger partial charge in [-0.3, -0.25) is 9.78 Å². The molecule has 114 valence electrons. The molecular formula is C18H16N4O. The summed E-state index contributed by atoms with van der Waals surface area (Å²) in [7, 11) is 0. The minimum Gasteiger partial charge on any atom is -0.309 e. The largest absolute Gasteiger partial charge is 0.309 e. The van der Waals surface area contributed by atoms with Gasteiger partial charge >= 0.3 is 0 Å². The molecule has 0 saturated heterocycles. The number of para-hydroxylation sites is 2. The summed E-state index contributed by atoms with van der Waals surface area (Å²) < 4.78 is 3.75. The first-order chi connectivity index (χ1) is 11.2. The Morgan fingerprint density at radius 3 is 2.61 bits per heavy atom. The second kappa shape index (κ2) is 5.05. The van der Waals surface area contributed by atoms with Gasteiger partial charge in [-0.05, 0) is 38.1 Å². The predicted octanol–water partition coefficient (Wildman–Crippen LogP) is 2.71. The normalized spacial score (nSPS) is 11.4. The first kappa shape index (κ1) is 13.7. The van der Waals surface area contributed by atoms with Crippen molar-refractivity contribution in [3.63, 3.8) is 0 Å². The maximum absolute atomic E-state index is 12.7. The average molecular weight is 304 g/mol. The standard InChI is InChI=1S/C18H16N4O/c1-12-13(2)21(11-14-7-5-6-10-19-14)18-20-15-8-3-4-9-16(15)22(18)17(12)23/h3-10H,11H2,1-2H3. The van der Waals surface area contributed by atoms with Gasteiger partial charge in [0.1, 0.15) is 0 Å². The van der Waals surface area contributed by atoms with Crippen molar-refractivity contribution in [3.8, 4) is 0 Å². The van der Waals surface area contributed by atoms with Crippen LogP contribution in [0.15, 0.2) is 53.5 Å². The molecule has 0 radical (unpaired) electrons. The minimum absolute atomic E-state index is 0.0107. The fourth-order valence-corrected chi connectivity index (χ4v) is 2.91. The molecule has 4 aromatic rings. The second-order valence-corrected chi connectivity index (χ2v) is 5.66. The van der Waals surface area contributed by atoms with Crippen molar-refractivity contribution in [1.29, 1.82) is 0 Å². The maximum atomic E-state index is 12.7. The predicted molar refractivity (Wildman–Crippen MR) is 89.8 cm³/mol. The van der Waals surface area contributed by atoms with E-state index in [-0.39, 0.29) is 5.56 Å².